The van der Waals surface area contributed by atoms with Crippen molar-refractivity contribution in [3.05, 3.63) is 27.7 Å². The molecule has 22 heavy (non-hydrogen) atoms. The van der Waals surface area contributed by atoms with Gasteiger partial charge in [-0.2, -0.15) is 0 Å². The maximum atomic E-state index is 11.0. The zero-order chi connectivity index (χ0) is 16.5. The normalized spacial score (nSPS) is 11.8. The van der Waals surface area contributed by atoms with Crippen LogP contribution in [0, 0.1) is 0 Å². The Morgan fingerprint density at radius 2 is 2.14 bits per heavy atom. The maximum Gasteiger partial charge on any atom is 0.404 e. The van der Waals surface area contributed by atoms with Crippen molar-refractivity contribution in [3.63, 3.8) is 0 Å². The zero-order valence-corrected chi connectivity index (χ0v) is 13.5. The van der Waals surface area contributed by atoms with E-state index in [9.17, 15) is 9.59 Å². The van der Waals surface area contributed by atoms with Crippen LogP contribution in [-0.2, 0) is 9.47 Å². The summed E-state index contributed by atoms with van der Waals surface area (Å²) in [6, 6.07) is 3.13. The van der Waals surface area contributed by atoms with Gasteiger partial charge in [0.2, 0.25) is 0 Å². The number of carbonyl (C=O) groups excluding carboxylic acids is 2. The van der Waals surface area contributed by atoms with Crippen LogP contribution >= 0.6 is 23.2 Å². The molecule has 0 spiro atoms. The van der Waals surface area contributed by atoms with Crippen LogP contribution in [0.15, 0.2) is 12.1 Å². The third-order valence-corrected chi connectivity index (χ3v) is 3.59. The molecule has 8 heteroatoms. The molecule has 0 heterocycles. The van der Waals surface area contributed by atoms with E-state index < -0.39 is 12.2 Å². The highest BCUT2D eigenvalue weighted by molar-refractivity contribution is 6.43. The lowest BCUT2D eigenvalue weighted by atomic mass is 10.2. The number of amides is 1. The van der Waals surface area contributed by atoms with Gasteiger partial charge in [0.25, 0.3) is 0 Å². The second kappa shape index (κ2) is 9.50. The Morgan fingerprint density at radius 3 is 2.73 bits per heavy atom. The van der Waals surface area contributed by atoms with Gasteiger partial charge in [0.15, 0.2) is 6.29 Å². The van der Waals surface area contributed by atoms with Gasteiger partial charge < -0.3 is 19.9 Å². The average molecular weight is 350 g/mol. The Morgan fingerprint density at radius 1 is 1.41 bits per heavy atom. The summed E-state index contributed by atoms with van der Waals surface area (Å²) in [7, 11) is 1.50. The first-order chi connectivity index (χ1) is 10.5. The Kier molecular flexibility index (Phi) is 8.01. The van der Waals surface area contributed by atoms with E-state index in [2.05, 4.69) is 0 Å². The van der Waals surface area contributed by atoms with Crippen molar-refractivity contribution in [2.45, 2.75) is 18.9 Å². The highest BCUT2D eigenvalue weighted by Crippen LogP contribution is 2.31. The number of hydrogen-bond acceptors (Lipinski definition) is 5. The molecular formula is C14H17Cl2NO5. The number of methoxy groups -OCH3 is 1. The van der Waals surface area contributed by atoms with Crippen LogP contribution < -0.4 is 10.5 Å². The Balaban J connectivity index is 2.52. The first-order valence-corrected chi connectivity index (χ1v) is 7.26. The molecule has 0 aliphatic carbocycles. The van der Waals surface area contributed by atoms with E-state index >= 15 is 0 Å². The predicted octanol–water partition coefficient (Wildman–Crippen LogP) is 3.08. The van der Waals surface area contributed by atoms with Gasteiger partial charge in [0.1, 0.15) is 11.9 Å². The van der Waals surface area contributed by atoms with Gasteiger partial charge in [-0.15, -0.1) is 0 Å². The lowest BCUT2D eigenvalue weighted by molar-refractivity contribution is 0.0364. The molecule has 1 rings (SSSR count). The van der Waals surface area contributed by atoms with Crippen LogP contribution in [0.25, 0.3) is 0 Å². The van der Waals surface area contributed by atoms with Crippen molar-refractivity contribution in [2.75, 3.05) is 20.3 Å². The number of primary amides is 1. The number of rotatable bonds is 9. The standard InChI is InChI=1S/C14H17Cl2NO5/c1-20-8-9(22-14(17)19)3-2-6-21-12-5-4-11(15)13(16)10(12)7-18/h4-5,7,9H,2-3,6,8H2,1H3,(H2,17,19)/t9-/m1/s1. The number of carbonyl (C=O) groups is 2. The van der Waals surface area contributed by atoms with E-state index in [-0.39, 0.29) is 22.2 Å². The molecule has 1 aromatic carbocycles. The van der Waals surface area contributed by atoms with Crippen molar-refractivity contribution >= 4 is 35.6 Å². The molecule has 6 nitrogen and oxygen atoms in total. The lowest BCUT2D eigenvalue weighted by Gasteiger charge is -2.16. The van der Waals surface area contributed by atoms with E-state index in [4.69, 9.17) is 43.1 Å². The molecule has 0 aromatic heterocycles. The SMILES string of the molecule is COC[C@@H](CCCOc1ccc(Cl)c(Cl)c1C=O)OC(N)=O. The molecule has 1 amide bonds. The summed E-state index contributed by atoms with van der Waals surface area (Å²) in [5.41, 5.74) is 5.18. The van der Waals surface area contributed by atoms with Gasteiger partial charge in [-0.05, 0) is 25.0 Å². The van der Waals surface area contributed by atoms with Crippen LogP contribution in [0.3, 0.4) is 0 Å². The van der Waals surface area contributed by atoms with E-state index in [0.717, 1.165) is 0 Å². The van der Waals surface area contributed by atoms with Crippen molar-refractivity contribution in [2.24, 2.45) is 5.73 Å². The Labute approximate surface area is 138 Å². The number of ether oxygens (including phenoxy) is 3. The Hall–Kier alpha value is -1.50. The molecule has 0 saturated heterocycles. The molecule has 1 aromatic rings. The topological polar surface area (TPSA) is 87.8 Å². The summed E-state index contributed by atoms with van der Waals surface area (Å²) in [5.74, 6) is 0.350. The molecule has 0 aliphatic heterocycles. The first kappa shape index (κ1) is 18.5. The van der Waals surface area contributed by atoms with Gasteiger partial charge in [0, 0.05) is 7.11 Å². The molecule has 0 unspecified atom stereocenters. The number of benzene rings is 1. The molecule has 2 N–H and O–H groups in total. The van der Waals surface area contributed by atoms with E-state index in [1.807, 2.05) is 0 Å². The van der Waals surface area contributed by atoms with Gasteiger partial charge in [-0.3, -0.25) is 4.79 Å². The van der Waals surface area contributed by atoms with Crippen LogP contribution in [0.1, 0.15) is 23.2 Å². The van der Waals surface area contributed by atoms with Crippen LogP contribution in [-0.4, -0.2) is 38.8 Å². The van der Waals surface area contributed by atoms with E-state index in [1.165, 1.54) is 7.11 Å². The fourth-order valence-electron chi connectivity index (χ4n) is 1.80. The average Bonchev–Trinajstić information content (AvgIpc) is 2.46. The van der Waals surface area contributed by atoms with Crippen molar-refractivity contribution in [1.82, 2.24) is 0 Å². The highest BCUT2D eigenvalue weighted by atomic mass is 35.5. The molecule has 0 saturated carbocycles. The Bertz CT molecular complexity index is 524. The summed E-state index contributed by atoms with van der Waals surface area (Å²) in [4.78, 5) is 21.8. The smallest absolute Gasteiger partial charge is 0.404 e. The van der Waals surface area contributed by atoms with Gasteiger partial charge >= 0.3 is 6.09 Å². The summed E-state index contributed by atoms with van der Waals surface area (Å²) in [6.45, 7) is 0.552. The minimum atomic E-state index is -0.851. The van der Waals surface area contributed by atoms with Crippen LogP contribution in [0.4, 0.5) is 4.79 Å². The molecule has 0 fully saturated rings. The van der Waals surface area contributed by atoms with Gasteiger partial charge in [-0.1, -0.05) is 23.2 Å². The molecule has 0 aliphatic rings. The largest absolute Gasteiger partial charge is 0.493 e. The molecule has 1 atom stereocenters. The molecular weight excluding hydrogens is 333 g/mol. The molecule has 0 bridgehead atoms. The third kappa shape index (κ3) is 5.71. The lowest BCUT2D eigenvalue weighted by Crippen LogP contribution is -2.27. The van der Waals surface area contributed by atoms with Crippen molar-refractivity contribution in [3.8, 4) is 5.75 Å². The number of halogens is 2. The predicted molar refractivity (Wildman–Crippen MR) is 82.9 cm³/mol. The van der Waals surface area contributed by atoms with Crippen molar-refractivity contribution in [1.29, 1.82) is 0 Å². The number of nitrogens with two attached hydrogens (primary N) is 1. The number of aldehydes is 1. The molecule has 0 radical (unpaired) electrons. The van der Waals surface area contributed by atoms with E-state index in [0.29, 0.717) is 31.5 Å². The minimum Gasteiger partial charge on any atom is -0.493 e. The quantitative estimate of drug-likeness (QED) is 0.546. The van der Waals surface area contributed by atoms with Gasteiger partial charge in [0.05, 0.1) is 28.8 Å². The summed E-state index contributed by atoms with van der Waals surface area (Å²) < 4.78 is 15.3. The second-order valence-electron chi connectivity index (χ2n) is 4.40. The monoisotopic (exact) mass is 349 g/mol. The first-order valence-electron chi connectivity index (χ1n) is 6.50. The highest BCUT2D eigenvalue weighted by Gasteiger charge is 2.14. The second-order valence-corrected chi connectivity index (χ2v) is 5.18. The fraction of sp³-hybridized carbons (Fsp3) is 0.429. The summed E-state index contributed by atoms with van der Waals surface area (Å²) in [6.07, 6.45) is 0.378. The van der Waals surface area contributed by atoms with Crippen LogP contribution in [0.5, 0.6) is 5.75 Å². The fourth-order valence-corrected chi connectivity index (χ4v) is 2.17. The minimum absolute atomic E-state index is 0.156. The van der Waals surface area contributed by atoms with Crippen LogP contribution in [0.2, 0.25) is 10.0 Å². The zero-order valence-electron chi connectivity index (χ0n) is 12.0. The number of hydrogen-bond donors (Lipinski definition) is 1. The summed E-state index contributed by atoms with van der Waals surface area (Å²) >= 11 is 11.8. The van der Waals surface area contributed by atoms with E-state index in [1.54, 1.807) is 12.1 Å². The third-order valence-electron chi connectivity index (χ3n) is 2.77. The maximum absolute atomic E-state index is 11.0. The van der Waals surface area contributed by atoms with Crippen molar-refractivity contribution < 1.29 is 23.8 Å². The molecule has 122 valence electrons. The van der Waals surface area contributed by atoms with Gasteiger partial charge in [-0.25, -0.2) is 4.79 Å². The summed E-state index contributed by atoms with van der Waals surface area (Å²) in [5, 5.41) is 0.439.